The van der Waals surface area contributed by atoms with E-state index in [1.807, 2.05) is 30.3 Å². The van der Waals surface area contributed by atoms with Crippen LogP contribution in [0.15, 0.2) is 36.5 Å². The predicted octanol–water partition coefficient (Wildman–Crippen LogP) is 1.29. The van der Waals surface area contributed by atoms with Crippen molar-refractivity contribution in [3.8, 4) is 0 Å². The summed E-state index contributed by atoms with van der Waals surface area (Å²) in [4.78, 5) is 16.3. The highest BCUT2D eigenvalue weighted by Gasteiger charge is 2.32. The third-order valence-electron chi connectivity index (χ3n) is 3.72. The van der Waals surface area contributed by atoms with Crippen molar-refractivity contribution in [3.05, 3.63) is 42.1 Å². The lowest BCUT2D eigenvalue weighted by molar-refractivity contribution is -0.124. The molecular weight excluding hydrogens is 288 g/mol. The van der Waals surface area contributed by atoms with Crippen LogP contribution in [0.25, 0.3) is 10.9 Å². The summed E-state index contributed by atoms with van der Waals surface area (Å²) in [6.07, 6.45) is 2.15. The second-order valence-electron chi connectivity index (χ2n) is 5.35. The van der Waals surface area contributed by atoms with Gasteiger partial charge in [0.05, 0.1) is 22.9 Å². The highest BCUT2D eigenvalue weighted by Crippen LogP contribution is 2.18. The Labute approximate surface area is 123 Å². The Bertz CT molecular complexity index is 786. The molecule has 3 rings (SSSR count). The first kappa shape index (κ1) is 14.0. The number of nitrogens with one attached hydrogen (secondary N) is 1. The summed E-state index contributed by atoms with van der Waals surface area (Å²) in [6.45, 7) is 0.368. The van der Waals surface area contributed by atoms with Gasteiger partial charge < -0.3 is 5.32 Å². The fourth-order valence-electron chi connectivity index (χ4n) is 2.55. The fourth-order valence-corrected chi connectivity index (χ4v) is 4.29. The van der Waals surface area contributed by atoms with E-state index in [4.69, 9.17) is 0 Å². The molecule has 21 heavy (non-hydrogen) atoms. The molecule has 2 aromatic rings. The molecular formula is C15H16N2O3S. The quantitative estimate of drug-likeness (QED) is 0.927. The summed E-state index contributed by atoms with van der Waals surface area (Å²) < 4.78 is 22.8. The molecule has 1 aromatic carbocycles. The molecule has 1 aliphatic heterocycles. The van der Waals surface area contributed by atoms with E-state index in [0.717, 1.165) is 16.5 Å². The zero-order chi connectivity index (χ0) is 14.9. The van der Waals surface area contributed by atoms with Crippen molar-refractivity contribution in [1.82, 2.24) is 10.3 Å². The first-order valence-corrected chi connectivity index (χ1v) is 8.67. The van der Waals surface area contributed by atoms with Crippen LogP contribution < -0.4 is 5.32 Å². The van der Waals surface area contributed by atoms with Crippen LogP contribution in [0, 0.1) is 5.92 Å². The highest BCUT2D eigenvalue weighted by atomic mass is 32.2. The van der Waals surface area contributed by atoms with Crippen LogP contribution in [0.3, 0.4) is 0 Å². The summed E-state index contributed by atoms with van der Waals surface area (Å²) in [5.74, 6) is -0.523. The van der Waals surface area contributed by atoms with Crippen molar-refractivity contribution >= 4 is 26.6 Å². The number of hydrogen-bond donors (Lipinski definition) is 1. The van der Waals surface area contributed by atoms with Gasteiger partial charge in [0, 0.05) is 18.1 Å². The average Bonchev–Trinajstić information content (AvgIpc) is 2.85. The molecule has 1 aliphatic rings. The van der Waals surface area contributed by atoms with Crippen LogP contribution in [-0.2, 0) is 21.2 Å². The number of benzene rings is 1. The average molecular weight is 304 g/mol. The van der Waals surface area contributed by atoms with Gasteiger partial charge >= 0.3 is 0 Å². The zero-order valence-electron chi connectivity index (χ0n) is 11.5. The van der Waals surface area contributed by atoms with Gasteiger partial charge in [0.2, 0.25) is 5.91 Å². The molecule has 1 atom stereocenters. The number of nitrogens with zero attached hydrogens (tertiary/aromatic N) is 1. The molecule has 1 N–H and O–H groups in total. The molecule has 0 bridgehead atoms. The second-order valence-corrected chi connectivity index (χ2v) is 7.58. The van der Waals surface area contributed by atoms with Gasteiger partial charge in [0.15, 0.2) is 9.84 Å². The molecule has 1 aromatic heterocycles. The van der Waals surface area contributed by atoms with Crippen LogP contribution in [0.4, 0.5) is 0 Å². The molecule has 1 amide bonds. The van der Waals surface area contributed by atoms with E-state index in [1.165, 1.54) is 0 Å². The first-order valence-electron chi connectivity index (χ1n) is 6.85. The van der Waals surface area contributed by atoms with Crippen molar-refractivity contribution < 1.29 is 13.2 Å². The number of fused-ring (bicyclic) bond motifs is 1. The van der Waals surface area contributed by atoms with Crippen LogP contribution in [0.5, 0.6) is 0 Å². The Balaban J connectivity index is 1.65. The molecule has 0 aliphatic carbocycles. The van der Waals surface area contributed by atoms with Crippen LogP contribution in [-0.4, -0.2) is 30.8 Å². The number of carbonyl (C=O) groups is 1. The monoisotopic (exact) mass is 304 g/mol. The molecule has 2 heterocycles. The van der Waals surface area contributed by atoms with Crippen molar-refractivity contribution in [2.45, 2.75) is 13.0 Å². The van der Waals surface area contributed by atoms with Gasteiger partial charge in [-0.2, -0.15) is 0 Å². The van der Waals surface area contributed by atoms with Crippen molar-refractivity contribution in [1.29, 1.82) is 0 Å². The normalized spacial score (nSPS) is 20.5. The van der Waals surface area contributed by atoms with Crippen LogP contribution >= 0.6 is 0 Å². The van der Waals surface area contributed by atoms with Gasteiger partial charge in [0.1, 0.15) is 0 Å². The maximum absolute atomic E-state index is 12.0. The third-order valence-corrected chi connectivity index (χ3v) is 5.49. The summed E-state index contributed by atoms with van der Waals surface area (Å²) in [7, 11) is -3.03. The molecule has 0 spiro atoms. The summed E-state index contributed by atoms with van der Waals surface area (Å²) in [5.41, 5.74) is 1.82. The molecule has 6 heteroatoms. The molecule has 0 radical (unpaired) electrons. The van der Waals surface area contributed by atoms with Crippen LogP contribution in [0.2, 0.25) is 0 Å². The van der Waals surface area contributed by atoms with Crippen molar-refractivity contribution in [2.75, 3.05) is 11.5 Å². The van der Waals surface area contributed by atoms with Crippen LogP contribution in [0.1, 0.15) is 12.0 Å². The van der Waals surface area contributed by atoms with Crippen molar-refractivity contribution in [3.63, 3.8) is 0 Å². The van der Waals surface area contributed by atoms with Gasteiger partial charge in [-0.3, -0.25) is 9.78 Å². The van der Waals surface area contributed by atoms with E-state index in [-0.39, 0.29) is 17.4 Å². The van der Waals surface area contributed by atoms with E-state index in [2.05, 4.69) is 10.3 Å². The van der Waals surface area contributed by atoms with E-state index >= 15 is 0 Å². The van der Waals surface area contributed by atoms with Gasteiger partial charge in [-0.25, -0.2) is 8.42 Å². The maximum atomic E-state index is 12.0. The Morgan fingerprint density at radius 3 is 2.90 bits per heavy atom. The second kappa shape index (κ2) is 5.44. The lowest BCUT2D eigenvalue weighted by atomic mass is 10.1. The first-order chi connectivity index (χ1) is 10.0. The molecule has 1 fully saturated rings. The highest BCUT2D eigenvalue weighted by molar-refractivity contribution is 7.91. The summed E-state index contributed by atoms with van der Waals surface area (Å²) in [6, 6.07) is 9.75. The number of para-hydroxylation sites is 1. The lowest BCUT2D eigenvalue weighted by Crippen LogP contribution is -2.30. The smallest absolute Gasteiger partial charge is 0.224 e. The molecule has 0 saturated carbocycles. The summed E-state index contributed by atoms with van der Waals surface area (Å²) in [5, 5.41) is 3.82. The fraction of sp³-hybridized carbons (Fsp3) is 0.333. The van der Waals surface area contributed by atoms with E-state index < -0.39 is 15.8 Å². The molecule has 1 unspecified atom stereocenters. The maximum Gasteiger partial charge on any atom is 0.224 e. The Hall–Kier alpha value is -1.95. The predicted molar refractivity (Wildman–Crippen MR) is 80.4 cm³/mol. The minimum atomic E-state index is -3.03. The number of hydrogen-bond acceptors (Lipinski definition) is 4. The van der Waals surface area contributed by atoms with E-state index in [0.29, 0.717) is 13.0 Å². The van der Waals surface area contributed by atoms with Crippen molar-refractivity contribution in [2.24, 2.45) is 5.92 Å². The topological polar surface area (TPSA) is 76.1 Å². The number of sulfone groups is 1. The molecule has 1 saturated heterocycles. The number of amides is 1. The third kappa shape index (κ3) is 3.21. The summed E-state index contributed by atoms with van der Waals surface area (Å²) >= 11 is 0. The van der Waals surface area contributed by atoms with Gasteiger partial charge in [-0.15, -0.1) is 0 Å². The SMILES string of the molecule is O=C(NCc1cnc2ccccc2c1)C1CCS(=O)(=O)C1. The van der Waals surface area contributed by atoms with Gasteiger partial charge in [-0.05, 0) is 24.1 Å². The number of carbonyl (C=O) groups excluding carboxylic acids is 1. The minimum absolute atomic E-state index is 0.0329. The lowest BCUT2D eigenvalue weighted by Gasteiger charge is -2.09. The number of pyridine rings is 1. The standard InChI is InChI=1S/C15H16N2O3S/c18-15(13-5-6-21(19,20)10-13)17-9-11-7-12-3-1-2-4-14(12)16-8-11/h1-4,7-8,13H,5-6,9-10H2,(H,17,18). The Morgan fingerprint density at radius 1 is 1.33 bits per heavy atom. The number of rotatable bonds is 3. The van der Waals surface area contributed by atoms with E-state index in [1.54, 1.807) is 6.20 Å². The largest absolute Gasteiger partial charge is 0.352 e. The molecule has 5 nitrogen and oxygen atoms in total. The van der Waals surface area contributed by atoms with Gasteiger partial charge in [0.25, 0.3) is 0 Å². The zero-order valence-corrected chi connectivity index (χ0v) is 12.3. The van der Waals surface area contributed by atoms with E-state index in [9.17, 15) is 13.2 Å². The number of aromatic nitrogens is 1. The Kier molecular flexibility index (Phi) is 3.63. The minimum Gasteiger partial charge on any atom is -0.352 e. The molecule has 110 valence electrons. The van der Waals surface area contributed by atoms with Gasteiger partial charge in [-0.1, -0.05) is 18.2 Å². The Morgan fingerprint density at radius 2 is 2.14 bits per heavy atom.